The van der Waals surface area contributed by atoms with E-state index in [2.05, 4.69) is 47.9 Å². The number of hydrogen-bond donors (Lipinski definition) is 0. The molecule has 4 nitrogen and oxygen atoms in total. The van der Waals surface area contributed by atoms with Crippen LogP contribution in [0.15, 0.2) is 96.7 Å². The van der Waals surface area contributed by atoms with Gasteiger partial charge in [-0.05, 0) is 55.4 Å². The first-order valence-corrected chi connectivity index (χ1v) is 12.9. The Balaban J connectivity index is 1.82. The summed E-state index contributed by atoms with van der Waals surface area (Å²) in [5.74, 6) is 0.0115. The molecule has 1 atom stereocenters. The molecular formula is C30H31N3OS. The summed E-state index contributed by atoms with van der Waals surface area (Å²) in [4.78, 5) is 21.1. The zero-order valence-electron chi connectivity index (χ0n) is 20.4. The van der Waals surface area contributed by atoms with E-state index in [1.807, 2.05) is 71.6 Å². The molecule has 0 saturated carbocycles. The minimum absolute atomic E-state index is 0.0115. The molecule has 0 aromatic heterocycles. The van der Waals surface area contributed by atoms with Gasteiger partial charge in [0.2, 0.25) is 0 Å². The van der Waals surface area contributed by atoms with Crippen molar-refractivity contribution in [1.82, 2.24) is 4.90 Å². The standard InChI is InChI=1S/C30H31N3OS/c1-3-5-21-27-30(33(24-17-11-8-12-18-24)29(35)31(27)22-6-4-2)25-19-13-14-20-26(25)32(28(30)34)23-15-9-7-10-16-23/h7-21H,3-6,22H2,1-2H3/b27-21+. The van der Waals surface area contributed by atoms with Gasteiger partial charge in [0.15, 0.2) is 10.7 Å². The highest BCUT2D eigenvalue weighted by Crippen LogP contribution is 2.56. The third-order valence-corrected chi connectivity index (χ3v) is 7.26. The van der Waals surface area contributed by atoms with Gasteiger partial charge in [-0.25, -0.2) is 0 Å². The van der Waals surface area contributed by atoms with Crippen LogP contribution in [0.5, 0.6) is 0 Å². The zero-order chi connectivity index (χ0) is 24.4. The number of allylic oxidation sites excluding steroid dienone is 1. The summed E-state index contributed by atoms with van der Waals surface area (Å²) in [7, 11) is 0. The molecule has 5 rings (SSSR count). The predicted molar refractivity (Wildman–Crippen MR) is 148 cm³/mol. The summed E-state index contributed by atoms with van der Waals surface area (Å²) in [5.41, 5.74) is 3.61. The summed E-state index contributed by atoms with van der Waals surface area (Å²) in [6, 6.07) is 28.2. The highest BCUT2D eigenvalue weighted by Gasteiger charge is 2.64. The predicted octanol–water partition coefficient (Wildman–Crippen LogP) is 7.15. The van der Waals surface area contributed by atoms with Crippen molar-refractivity contribution in [2.24, 2.45) is 0 Å². The van der Waals surface area contributed by atoms with Crippen LogP contribution < -0.4 is 9.80 Å². The summed E-state index contributed by atoms with van der Waals surface area (Å²) < 4.78 is 0. The molecule has 35 heavy (non-hydrogen) atoms. The number of rotatable bonds is 7. The van der Waals surface area contributed by atoms with Gasteiger partial charge >= 0.3 is 0 Å². The molecular weight excluding hydrogens is 450 g/mol. The fourth-order valence-corrected chi connectivity index (χ4v) is 5.72. The number of para-hydroxylation sites is 3. The van der Waals surface area contributed by atoms with Crippen LogP contribution in [0.25, 0.3) is 0 Å². The van der Waals surface area contributed by atoms with Crippen molar-refractivity contribution in [2.75, 3.05) is 16.3 Å². The Morgan fingerprint density at radius 2 is 1.46 bits per heavy atom. The van der Waals surface area contributed by atoms with Gasteiger partial charge in [-0.1, -0.05) is 87.4 Å². The Morgan fingerprint density at radius 1 is 0.829 bits per heavy atom. The summed E-state index contributed by atoms with van der Waals surface area (Å²) in [5, 5.41) is 0.685. The van der Waals surface area contributed by atoms with E-state index in [4.69, 9.17) is 12.2 Å². The van der Waals surface area contributed by atoms with Gasteiger partial charge in [0.1, 0.15) is 0 Å². The largest absolute Gasteiger partial charge is 0.319 e. The maximum absolute atomic E-state index is 14.9. The Bertz CT molecular complexity index is 1260. The van der Waals surface area contributed by atoms with Gasteiger partial charge in [0.25, 0.3) is 5.91 Å². The number of carbonyl (C=O) groups excluding carboxylic acids is 1. The normalized spacial score (nSPS) is 20.4. The van der Waals surface area contributed by atoms with Gasteiger partial charge < -0.3 is 4.90 Å². The molecule has 0 radical (unpaired) electrons. The average molecular weight is 482 g/mol. The fraction of sp³-hybridized carbons (Fsp3) is 0.267. The fourth-order valence-electron chi connectivity index (χ4n) is 5.29. The Hall–Kier alpha value is -3.44. The topological polar surface area (TPSA) is 26.8 Å². The molecule has 5 heteroatoms. The van der Waals surface area contributed by atoms with Crippen molar-refractivity contribution >= 4 is 40.3 Å². The third kappa shape index (κ3) is 3.57. The molecule has 2 aliphatic heterocycles. The maximum Gasteiger partial charge on any atom is 0.268 e. The molecule has 3 aromatic carbocycles. The second kappa shape index (κ2) is 9.67. The van der Waals surface area contributed by atoms with Crippen molar-refractivity contribution in [3.63, 3.8) is 0 Å². The molecule has 0 aliphatic carbocycles. The minimum atomic E-state index is -1.05. The van der Waals surface area contributed by atoms with Crippen LogP contribution in [0.2, 0.25) is 0 Å². The number of fused-ring (bicyclic) bond motifs is 2. The highest BCUT2D eigenvalue weighted by atomic mass is 32.1. The molecule has 1 amide bonds. The van der Waals surface area contributed by atoms with Crippen LogP contribution in [-0.4, -0.2) is 22.5 Å². The summed E-state index contributed by atoms with van der Waals surface area (Å²) in [6.45, 7) is 5.15. The molecule has 178 valence electrons. The third-order valence-electron chi connectivity index (χ3n) is 6.86. The smallest absolute Gasteiger partial charge is 0.268 e. The van der Waals surface area contributed by atoms with Crippen molar-refractivity contribution in [3.05, 3.63) is 102 Å². The lowest BCUT2D eigenvalue weighted by Crippen LogP contribution is -2.51. The van der Waals surface area contributed by atoms with E-state index >= 15 is 0 Å². The lowest BCUT2D eigenvalue weighted by Gasteiger charge is -2.34. The Morgan fingerprint density at radius 3 is 2.11 bits per heavy atom. The lowest BCUT2D eigenvalue weighted by molar-refractivity contribution is -0.121. The molecule has 2 aliphatic rings. The van der Waals surface area contributed by atoms with E-state index in [1.54, 1.807) is 0 Å². The average Bonchev–Trinajstić information content (AvgIpc) is 3.30. The van der Waals surface area contributed by atoms with Gasteiger partial charge in [0, 0.05) is 23.5 Å². The van der Waals surface area contributed by atoms with Crippen LogP contribution in [-0.2, 0) is 10.3 Å². The van der Waals surface area contributed by atoms with Crippen LogP contribution in [0.3, 0.4) is 0 Å². The lowest BCUT2D eigenvalue weighted by atomic mass is 9.85. The SMILES string of the molecule is CCC/C=C1/N(CCCC)C(=S)N(c2ccccc2)C12C(=O)N(c1ccccc1)c1ccccc12. The minimum Gasteiger partial charge on any atom is -0.319 e. The highest BCUT2D eigenvalue weighted by molar-refractivity contribution is 7.80. The number of unbranched alkanes of at least 4 members (excludes halogenated alkanes) is 2. The summed E-state index contributed by atoms with van der Waals surface area (Å²) >= 11 is 6.17. The molecule has 1 spiro atoms. The first-order chi connectivity index (χ1) is 17.2. The van der Waals surface area contributed by atoms with Crippen LogP contribution >= 0.6 is 12.2 Å². The number of benzene rings is 3. The number of nitrogens with zero attached hydrogens (tertiary/aromatic N) is 3. The second-order valence-corrected chi connectivity index (χ2v) is 9.41. The van der Waals surface area contributed by atoms with Crippen molar-refractivity contribution in [3.8, 4) is 0 Å². The van der Waals surface area contributed by atoms with Crippen molar-refractivity contribution in [1.29, 1.82) is 0 Å². The zero-order valence-corrected chi connectivity index (χ0v) is 21.2. The van der Waals surface area contributed by atoms with E-state index in [0.717, 1.165) is 60.6 Å². The Labute approximate surface area is 213 Å². The molecule has 0 bridgehead atoms. The molecule has 1 unspecified atom stereocenters. The second-order valence-electron chi connectivity index (χ2n) is 9.04. The molecule has 1 saturated heterocycles. The first kappa shape index (κ1) is 23.3. The number of amides is 1. The maximum atomic E-state index is 14.9. The van der Waals surface area contributed by atoms with Crippen molar-refractivity contribution < 1.29 is 4.79 Å². The number of carbonyl (C=O) groups is 1. The molecule has 1 fully saturated rings. The van der Waals surface area contributed by atoms with Crippen LogP contribution in [0.4, 0.5) is 17.1 Å². The number of thiocarbonyl (C=S) groups is 1. The molecule has 2 heterocycles. The Kier molecular flexibility index (Phi) is 6.44. The number of anilines is 3. The monoisotopic (exact) mass is 481 g/mol. The van der Waals surface area contributed by atoms with E-state index in [-0.39, 0.29) is 5.91 Å². The van der Waals surface area contributed by atoms with E-state index in [1.165, 1.54) is 0 Å². The first-order valence-electron chi connectivity index (χ1n) is 12.5. The van der Waals surface area contributed by atoms with Gasteiger partial charge in [0.05, 0.1) is 11.4 Å². The summed E-state index contributed by atoms with van der Waals surface area (Å²) in [6.07, 6.45) is 6.18. The molecule has 3 aromatic rings. The van der Waals surface area contributed by atoms with Crippen LogP contribution in [0, 0.1) is 0 Å². The van der Waals surface area contributed by atoms with Gasteiger partial charge in [-0.2, -0.15) is 0 Å². The van der Waals surface area contributed by atoms with E-state index in [0.29, 0.717) is 5.11 Å². The van der Waals surface area contributed by atoms with Gasteiger partial charge in [-0.3, -0.25) is 14.6 Å². The van der Waals surface area contributed by atoms with E-state index < -0.39 is 5.54 Å². The van der Waals surface area contributed by atoms with Crippen molar-refractivity contribution in [2.45, 2.75) is 45.1 Å². The number of hydrogen-bond acceptors (Lipinski definition) is 2. The van der Waals surface area contributed by atoms with Gasteiger partial charge in [-0.15, -0.1) is 0 Å². The van der Waals surface area contributed by atoms with Crippen LogP contribution in [0.1, 0.15) is 45.1 Å². The molecule has 0 N–H and O–H groups in total. The van der Waals surface area contributed by atoms with E-state index in [9.17, 15) is 4.79 Å². The quantitative estimate of drug-likeness (QED) is 0.335.